The Balaban J connectivity index is 2.11. The highest BCUT2D eigenvalue weighted by Gasteiger charge is 2.20. The van der Waals surface area contributed by atoms with E-state index in [2.05, 4.69) is 4.98 Å². The fourth-order valence-corrected chi connectivity index (χ4v) is 4.91. The number of carbonyl (C=O) groups is 1. The van der Waals surface area contributed by atoms with E-state index in [9.17, 15) is 4.79 Å². The van der Waals surface area contributed by atoms with Crippen LogP contribution in [0.5, 0.6) is 0 Å². The smallest absolute Gasteiger partial charge is 0.347 e. The highest BCUT2D eigenvalue weighted by atomic mass is 32.2. The first-order valence-corrected chi connectivity index (χ1v) is 7.18. The average Bonchev–Trinajstić information content (AvgIpc) is 2.68. The maximum absolute atomic E-state index is 10.7. The van der Waals surface area contributed by atoms with Crippen LogP contribution in [0.25, 0.3) is 0 Å². The normalized spacial score (nSPS) is 22.1. The van der Waals surface area contributed by atoms with Crippen molar-refractivity contribution in [3.63, 3.8) is 0 Å². The highest BCUT2D eigenvalue weighted by molar-refractivity contribution is 8.06. The summed E-state index contributed by atoms with van der Waals surface area (Å²) in [6.45, 7) is 0. The number of aromatic carboxylic acids is 1. The molecule has 0 bridgehead atoms. The summed E-state index contributed by atoms with van der Waals surface area (Å²) in [4.78, 5) is 15.2. The largest absolute Gasteiger partial charge is 0.477 e. The second kappa shape index (κ2) is 4.55. The van der Waals surface area contributed by atoms with Gasteiger partial charge in [0.05, 0.1) is 11.4 Å². The molecule has 6 heteroatoms. The summed E-state index contributed by atoms with van der Waals surface area (Å²) in [5, 5.41) is 10.1. The van der Waals surface area contributed by atoms with Crippen LogP contribution in [-0.4, -0.2) is 33.3 Å². The summed E-state index contributed by atoms with van der Waals surface area (Å²) in [6.07, 6.45) is 1.46. The number of carboxylic acid groups (broad SMARTS) is 1. The minimum Gasteiger partial charge on any atom is -0.477 e. The topological polar surface area (TPSA) is 50.2 Å². The van der Waals surface area contributed by atoms with Crippen LogP contribution in [0.4, 0.5) is 0 Å². The Labute approximate surface area is 94.3 Å². The number of thiazole rings is 1. The molecule has 1 aliphatic rings. The van der Waals surface area contributed by atoms with Gasteiger partial charge in [-0.3, -0.25) is 0 Å². The second-order valence-electron chi connectivity index (χ2n) is 2.80. The van der Waals surface area contributed by atoms with Crippen LogP contribution in [-0.2, 0) is 0 Å². The lowest BCUT2D eigenvalue weighted by molar-refractivity contribution is 0.0702. The van der Waals surface area contributed by atoms with E-state index in [0.717, 1.165) is 16.5 Å². The van der Waals surface area contributed by atoms with Gasteiger partial charge in [-0.1, -0.05) is 0 Å². The predicted molar refractivity (Wildman–Crippen MR) is 61.6 cm³/mol. The van der Waals surface area contributed by atoms with Crippen molar-refractivity contribution in [3.8, 4) is 0 Å². The maximum atomic E-state index is 10.7. The Morgan fingerprint density at radius 2 is 2.43 bits per heavy atom. The van der Waals surface area contributed by atoms with Crippen molar-refractivity contribution in [2.45, 2.75) is 5.25 Å². The molecule has 1 fully saturated rings. The van der Waals surface area contributed by atoms with Gasteiger partial charge >= 0.3 is 5.97 Å². The Morgan fingerprint density at radius 1 is 1.57 bits per heavy atom. The number of aromatic nitrogens is 1. The van der Waals surface area contributed by atoms with Crippen molar-refractivity contribution in [2.75, 3.05) is 17.3 Å². The van der Waals surface area contributed by atoms with Gasteiger partial charge < -0.3 is 5.11 Å². The molecule has 1 N–H and O–H groups in total. The molecule has 1 unspecified atom stereocenters. The van der Waals surface area contributed by atoms with Crippen LogP contribution in [0.1, 0.15) is 19.9 Å². The van der Waals surface area contributed by atoms with Gasteiger partial charge in [0.1, 0.15) is 9.88 Å². The van der Waals surface area contributed by atoms with Crippen molar-refractivity contribution in [2.24, 2.45) is 0 Å². The van der Waals surface area contributed by atoms with Crippen molar-refractivity contribution in [3.05, 3.63) is 16.1 Å². The van der Waals surface area contributed by atoms with E-state index < -0.39 is 5.97 Å². The fraction of sp³-hybridized carbons (Fsp3) is 0.500. The molecule has 1 aromatic heterocycles. The third-order valence-corrected chi connectivity index (χ3v) is 5.84. The van der Waals surface area contributed by atoms with E-state index >= 15 is 0 Å². The molecular weight excluding hydrogens is 238 g/mol. The lowest BCUT2D eigenvalue weighted by Crippen LogP contribution is -2.05. The van der Waals surface area contributed by atoms with Crippen LogP contribution in [0.2, 0.25) is 0 Å². The molecule has 76 valence electrons. The van der Waals surface area contributed by atoms with Crippen LogP contribution in [0.3, 0.4) is 0 Å². The Kier molecular flexibility index (Phi) is 3.35. The maximum Gasteiger partial charge on any atom is 0.347 e. The Bertz CT molecular complexity index is 333. The van der Waals surface area contributed by atoms with Crippen LogP contribution in [0.15, 0.2) is 6.20 Å². The van der Waals surface area contributed by atoms with E-state index in [0.29, 0.717) is 10.1 Å². The van der Waals surface area contributed by atoms with Gasteiger partial charge in [0.15, 0.2) is 0 Å². The Morgan fingerprint density at radius 3 is 3.00 bits per heavy atom. The highest BCUT2D eigenvalue weighted by Crippen LogP contribution is 2.38. The van der Waals surface area contributed by atoms with E-state index in [1.165, 1.54) is 23.3 Å². The van der Waals surface area contributed by atoms with E-state index in [-0.39, 0.29) is 0 Å². The van der Waals surface area contributed by atoms with E-state index in [1.807, 2.05) is 23.5 Å². The van der Waals surface area contributed by atoms with Gasteiger partial charge in [0.25, 0.3) is 0 Å². The summed E-state index contributed by atoms with van der Waals surface area (Å²) >= 11 is 5.09. The zero-order chi connectivity index (χ0) is 9.97. The molecule has 0 spiro atoms. The lowest BCUT2D eigenvalue weighted by Gasteiger charge is -2.18. The first-order valence-electron chi connectivity index (χ1n) is 4.16. The van der Waals surface area contributed by atoms with Crippen LogP contribution in [0, 0.1) is 0 Å². The van der Waals surface area contributed by atoms with Crippen LogP contribution < -0.4 is 0 Å². The summed E-state index contributed by atoms with van der Waals surface area (Å²) in [7, 11) is 0. The predicted octanol–water partition coefficient (Wildman–Crippen LogP) is 2.36. The lowest BCUT2D eigenvalue weighted by atomic mass is 10.5. The number of hydrogen-bond donors (Lipinski definition) is 1. The molecule has 1 saturated heterocycles. The van der Waals surface area contributed by atoms with Crippen molar-refractivity contribution in [1.82, 2.24) is 4.98 Å². The van der Waals surface area contributed by atoms with Gasteiger partial charge in [-0.05, 0) is 0 Å². The number of nitrogens with zero attached hydrogens (tertiary/aromatic N) is 1. The summed E-state index contributed by atoms with van der Waals surface area (Å²) in [5.41, 5.74) is 0. The SMILES string of the molecule is O=C(O)c1cnc(C2CSCCS2)s1. The van der Waals surface area contributed by atoms with Gasteiger partial charge in [0, 0.05) is 17.3 Å². The molecule has 1 aromatic rings. The molecule has 0 amide bonds. The molecular formula is C8H9NO2S3. The minimum absolute atomic E-state index is 0.344. The van der Waals surface area contributed by atoms with Gasteiger partial charge in [-0.15, -0.1) is 23.1 Å². The van der Waals surface area contributed by atoms with E-state index in [1.54, 1.807) is 0 Å². The summed E-state index contributed by atoms with van der Waals surface area (Å²) in [6, 6.07) is 0. The van der Waals surface area contributed by atoms with Crippen molar-refractivity contribution in [1.29, 1.82) is 0 Å². The first-order chi connectivity index (χ1) is 6.77. The minimum atomic E-state index is -0.873. The number of rotatable bonds is 2. The number of carboxylic acids is 1. The van der Waals surface area contributed by atoms with Crippen LogP contribution >= 0.6 is 34.9 Å². The van der Waals surface area contributed by atoms with Crippen molar-refractivity contribution < 1.29 is 9.90 Å². The zero-order valence-corrected chi connectivity index (χ0v) is 9.75. The standard InChI is InChI=1S/C8H9NO2S3/c10-8(11)5-3-9-7(14-5)6-4-12-1-2-13-6/h3,6H,1-2,4H2,(H,10,11). The molecule has 14 heavy (non-hydrogen) atoms. The summed E-state index contributed by atoms with van der Waals surface area (Å²) < 4.78 is 0. The molecule has 1 atom stereocenters. The Hall–Kier alpha value is -0.200. The quantitative estimate of drug-likeness (QED) is 0.869. The molecule has 2 rings (SSSR count). The molecule has 0 radical (unpaired) electrons. The monoisotopic (exact) mass is 247 g/mol. The molecule has 2 heterocycles. The van der Waals surface area contributed by atoms with E-state index in [4.69, 9.17) is 5.11 Å². The third kappa shape index (κ3) is 2.24. The third-order valence-electron chi connectivity index (χ3n) is 1.83. The molecule has 0 aliphatic carbocycles. The second-order valence-corrected chi connectivity index (χ2v) is 6.32. The first kappa shape index (κ1) is 10.3. The molecule has 0 aromatic carbocycles. The van der Waals surface area contributed by atoms with Crippen molar-refractivity contribution >= 4 is 40.8 Å². The molecule has 0 saturated carbocycles. The summed E-state index contributed by atoms with van der Waals surface area (Å²) in [5.74, 6) is 2.51. The number of thioether (sulfide) groups is 2. The fourth-order valence-electron chi connectivity index (χ4n) is 1.17. The number of hydrogen-bond acceptors (Lipinski definition) is 5. The van der Waals surface area contributed by atoms with Gasteiger partial charge in [-0.25, -0.2) is 9.78 Å². The average molecular weight is 247 g/mol. The zero-order valence-electron chi connectivity index (χ0n) is 7.30. The molecule has 1 aliphatic heterocycles. The van der Waals surface area contributed by atoms with Gasteiger partial charge in [-0.2, -0.15) is 11.8 Å². The van der Waals surface area contributed by atoms with Gasteiger partial charge in [0.2, 0.25) is 0 Å². The molecule has 3 nitrogen and oxygen atoms in total.